The third-order valence-electron chi connectivity index (χ3n) is 12.1. The van der Waals surface area contributed by atoms with E-state index < -0.39 is 58.8 Å². The van der Waals surface area contributed by atoms with Crippen LogP contribution in [0.3, 0.4) is 0 Å². The van der Waals surface area contributed by atoms with Gasteiger partial charge >= 0.3 is 23.8 Å². The molecule has 17 heteroatoms. The summed E-state index contributed by atoms with van der Waals surface area (Å²) in [4.78, 5) is 36.1. The van der Waals surface area contributed by atoms with E-state index >= 15 is 4.39 Å². The summed E-state index contributed by atoms with van der Waals surface area (Å²) in [5.74, 6) is -0.132. The van der Waals surface area contributed by atoms with Crippen molar-refractivity contribution in [3.05, 3.63) is 88.6 Å². The molecular formula is C42H34F6N8O3. The lowest BCUT2D eigenvalue weighted by atomic mass is 9.95. The lowest BCUT2D eigenvalue weighted by molar-refractivity contribution is -0.137. The van der Waals surface area contributed by atoms with Crippen molar-refractivity contribution in [3.8, 4) is 35.4 Å². The second-order valence-corrected chi connectivity index (χ2v) is 15.6. The maximum Gasteiger partial charge on any atom is 0.416 e. The highest BCUT2D eigenvalue weighted by atomic mass is 19.4. The number of ether oxygens (including phenoxy) is 1. The standard InChI is InChI=1S/C42H34F6N8O3/c1-2-29-32(44)10-7-22-14-28(57)15-30(33(22)29)36-34(45)37-31(17-50-36)38(52-40(51-37)59-21-41-11-4-12-55(41)18-25(43)16-41)54-19-26-8-9-27(20-54)56(26)39(58)35(53-49)23-5-3-6-24(13-23)42(46,47)48/h1,3,5-7,10,13-15,17,25-27,57H,4,8-9,11-12,16,18-21H2. The molecule has 4 atom stereocenters. The van der Waals surface area contributed by atoms with Crippen molar-refractivity contribution in [2.75, 3.05) is 37.7 Å². The van der Waals surface area contributed by atoms with Crippen molar-refractivity contribution in [1.82, 2.24) is 24.8 Å². The summed E-state index contributed by atoms with van der Waals surface area (Å²) in [5, 5.41) is 11.3. The van der Waals surface area contributed by atoms with Gasteiger partial charge < -0.3 is 25.2 Å². The quantitative estimate of drug-likeness (QED) is 0.0634. The van der Waals surface area contributed by atoms with Crippen LogP contribution in [0.5, 0.6) is 11.8 Å². The summed E-state index contributed by atoms with van der Waals surface area (Å²) in [5.41, 5.74) is 6.92. The molecule has 4 aliphatic heterocycles. The summed E-state index contributed by atoms with van der Waals surface area (Å²) in [6.45, 7) is 1.30. The van der Waals surface area contributed by atoms with Crippen LogP contribution in [0.15, 0.2) is 54.7 Å². The lowest BCUT2D eigenvalue weighted by Crippen LogP contribution is -2.57. The number of halogens is 6. The first kappa shape index (κ1) is 38.3. The molecule has 5 aromatic rings. The largest absolute Gasteiger partial charge is 0.508 e. The Balaban J connectivity index is 1.11. The average Bonchev–Trinajstić information content (AvgIpc) is 3.83. The first-order valence-corrected chi connectivity index (χ1v) is 19.1. The molecule has 0 aliphatic carbocycles. The summed E-state index contributed by atoms with van der Waals surface area (Å²) in [6, 6.07) is 7.92. The van der Waals surface area contributed by atoms with E-state index in [9.17, 15) is 37.4 Å². The molecule has 3 aromatic carbocycles. The molecule has 0 saturated carbocycles. The molecule has 9 rings (SSSR count). The van der Waals surface area contributed by atoms with Gasteiger partial charge in [0.25, 0.3) is 0 Å². The molecule has 4 aliphatic rings. The molecule has 302 valence electrons. The third-order valence-corrected chi connectivity index (χ3v) is 12.1. The number of benzene rings is 3. The number of terminal acetylenes is 1. The van der Waals surface area contributed by atoms with Crippen LogP contribution in [0.25, 0.3) is 38.5 Å². The fourth-order valence-corrected chi connectivity index (χ4v) is 9.51. The molecule has 4 unspecified atom stereocenters. The predicted molar refractivity (Wildman–Crippen MR) is 203 cm³/mol. The van der Waals surface area contributed by atoms with Crippen molar-refractivity contribution in [3.63, 3.8) is 0 Å². The second kappa shape index (κ2) is 14.2. The Labute approximate surface area is 332 Å². The van der Waals surface area contributed by atoms with E-state index in [1.807, 2.05) is 4.90 Å². The van der Waals surface area contributed by atoms with Gasteiger partial charge in [-0.1, -0.05) is 18.1 Å². The number of pyridine rings is 1. The smallest absolute Gasteiger partial charge is 0.416 e. The average molecular weight is 813 g/mol. The Morgan fingerprint density at radius 2 is 1.86 bits per heavy atom. The molecule has 0 spiro atoms. The van der Waals surface area contributed by atoms with Crippen molar-refractivity contribution >= 4 is 39.1 Å². The van der Waals surface area contributed by atoms with Gasteiger partial charge in [-0.05, 0) is 74.0 Å². The number of hydrogen-bond acceptors (Lipinski definition) is 8. The molecule has 1 amide bonds. The molecule has 2 bridgehead atoms. The Morgan fingerprint density at radius 3 is 2.59 bits per heavy atom. The number of nitrogens with zero attached hydrogens (tertiary/aromatic N) is 8. The highest BCUT2D eigenvalue weighted by Crippen LogP contribution is 2.43. The van der Waals surface area contributed by atoms with E-state index in [0.717, 1.165) is 30.7 Å². The Bertz CT molecular complexity index is 2650. The van der Waals surface area contributed by atoms with Gasteiger partial charge in [-0.25, -0.2) is 13.2 Å². The molecule has 0 radical (unpaired) electrons. The van der Waals surface area contributed by atoms with E-state index in [0.29, 0.717) is 31.2 Å². The van der Waals surface area contributed by atoms with Crippen LogP contribution in [0.4, 0.5) is 32.2 Å². The highest BCUT2D eigenvalue weighted by molar-refractivity contribution is 6.43. The minimum Gasteiger partial charge on any atom is -0.508 e. The van der Waals surface area contributed by atoms with Crippen LogP contribution in [-0.2, 0) is 11.0 Å². The van der Waals surface area contributed by atoms with Crippen molar-refractivity contribution < 1.29 is 45.8 Å². The number of aromatic nitrogens is 3. The molecule has 4 fully saturated rings. The number of amides is 1. The molecule has 6 heterocycles. The van der Waals surface area contributed by atoms with Gasteiger partial charge in [0.15, 0.2) is 5.82 Å². The number of alkyl halides is 4. The minimum absolute atomic E-state index is 0.0159. The number of phenolic OH excluding ortho intramolecular Hbond substituents is 1. The molecule has 2 aromatic heterocycles. The van der Waals surface area contributed by atoms with Gasteiger partial charge in [0.2, 0.25) is 0 Å². The van der Waals surface area contributed by atoms with Crippen LogP contribution >= 0.6 is 0 Å². The van der Waals surface area contributed by atoms with E-state index in [4.69, 9.17) is 16.1 Å². The number of piperazine rings is 1. The number of carbonyl (C=O) groups is 1. The van der Waals surface area contributed by atoms with Crippen molar-refractivity contribution in [1.29, 1.82) is 0 Å². The van der Waals surface area contributed by atoms with Gasteiger partial charge in [-0.15, -0.1) is 6.42 Å². The van der Waals surface area contributed by atoms with E-state index in [1.54, 1.807) is 0 Å². The zero-order valence-electron chi connectivity index (χ0n) is 31.2. The maximum absolute atomic E-state index is 17.1. The van der Waals surface area contributed by atoms with Crippen LogP contribution in [0.1, 0.15) is 48.8 Å². The van der Waals surface area contributed by atoms with Crippen molar-refractivity contribution in [2.24, 2.45) is 0 Å². The second-order valence-electron chi connectivity index (χ2n) is 15.6. The molecule has 4 saturated heterocycles. The molecular weight excluding hydrogens is 779 g/mol. The monoisotopic (exact) mass is 812 g/mol. The highest BCUT2D eigenvalue weighted by Gasteiger charge is 2.50. The Morgan fingerprint density at radius 1 is 1.08 bits per heavy atom. The Hall–Kier alpha value is -6.24. The van der Waals surface area contributed by atoms with Gasteiger partial charge in [0, 0.05) is 43.2 Å². The maximum atomic E-state index is 17.1. The predicted octanol–water partition coefficient (Wildman–Crippen LogP) is 6.68. The third kappa shape index (κ3) is 6.47. The lowest BCUT2D eigenvalue weighted by Gasteiger charge is -2.41. The molecule has 11 nitrogen and oxygen atoms in total. The number of carbonyl (C=O) groups excluding carboxylic acids is 1. The fourth-order valence-electron chi connectivity index (χ4n) is 9.51. The summed E-state index contributed by atoms with van der Waals surface area (Å²) in [6.07, 6.45) is 4.11. The first-order chi connectivity index (χ1) is 28.3. The zero-order chi connectivity index (χ0) is 41.4. The first-order valence-electron chi connectivity index (χ1n) is 19.1. The topological polar surface area (TPSA) is 131 Å². The number of phenols is 1. The minimum atomic E-state index is -4.69. The van der Waals surface area contributed by atoms with Gasteiger partial charge in [0.05, 0.1) is 39.7 Å². The van der Waals surface area contributed by atoms with E-state index in [1.165, 1.54) is 35.4 Å². The zero-order valence-corrected chi connectivity index (χ0v) is 31.2. The SMILES string of the molecule is C#Cc1c(F)ccc2cc(O)cc(-c3ncc4c(N5CC6CCC(C5)N6C(=O)C(=[N+]=[N-])c5cccc(C(F)(F)F)c5)nc(OCC56CCCN5CC(F)C6)nc4c3F)c12. The van der Waals surface area contributed by atoms with Gasteiger partial charge in [0.1, 0.15) is 41.4 Å². The molecule has 59 heavy (non-hydrogen) atoms. The van der Waals surface area contributed by atoms with Crippen molar-refractivity contribution in [2.45, 2.75) is 62.1 Å². The van der Waals surface area contributed by atoms with Gasteiger partial charge in [-0.2, -0.15) is 27.9 Å². The fraction of sp³-hybridized carbons (Fsp3) is 0.357. The van der Waals surface area contributed by atoms with Crippen LogP contribution in [-0.4, -0.2) is 103 Å². The molecule has 1 N–H and O–H groups in total. The summed E-state index contributed by atoms with van der Waals surface area (Å²) in [7, 11) is 0. The Kier molecular flexibility index (Phi) is 9.24. The normalized spacial score (nSPS) is 22.8. The van der Waals surface area contributed by atoms with E-state index in [2.05, 4.69) is 25.6 Å². The van der Waals surface area contributed by atoms with Crippen LogP contribution < -0.4 is 9.64 Å². The number of fused-ring (bicyclic) bond motifs is 5. The number of rotatable bonds is 7. The number of aromatic hydroxyl groups is 1. The summed E-state index contributed by atoms with van der Waals surface area (Å²) < 4.78 is 93.6. The summed E-state index contributed by atoms with van der Waals surface area (Å²) >= 11 is 0. The van der Waals surface area contributed by atoms with E-state index in [-0.39, 0.29) is 88.9 Å². The number of anilines is 1. The van der Waals surface area contributed by atoms with Crippen LogP contribution in [0.2, 0.25) is 0 Å². The van der Waals surface area contributed by atoms with Gasteiger partial charge in [-0.3, -0.25) is 14.7 Å². The number of hydrogen-bond donors (Lipinski definition) is 1. The van der Waals surface area contributed by atoms with Crippen LogP contribution in [0, 0.1) is 24.0 Å².